The minimum Gasteiger partial charge on any atom is -0.314 e. The molecule has 6 nitrogen and oxygen atoms in total. The molecule has 21 heavy (non-hydrogen) atoms. The fourth-order valence-corrected chi connectivity index (χ4v) is 2.44. The summed E-state index contributed by atoms with van der Waals surface area (Å²) in [5, 5.41) is 11.4. The van der Waals surface area contributed by atoms with Crippen LogP contribution in [0, 0.1) is 0 Å². The standard InChI is InChI=1S/C15H32N6/c1-5-19(6-2)9-8-10-20(7-3)11-12-21-14-15(13-16-4)17-18-21/h14,16H,5-13H2,1-4H3. The van der Waals surface area contributed by atoms with Crippen molar-refractivity contribution in [3.05, 3.63) is 11.9 Å². The minimum atomic E-state index is 0.779. The van der Waals surface area contributed by atoms with Gasteiger partial charge in [0.05, 0.1) is 12.2 Å². The number of likely N-dealkylation sites (N-methyl/N-ethyl adjacent to an activating group) is 1. The van der Waals surface area contributed by atoms with Crippen molar-refractivity contribution in [1.82, 2.24) is 30.1 Å². The molecule has 122 valence electrons. The first-order valence-corrected chi connectivity index (χ1v) is 8.21. The van der Waals surface area contributed by atoms with Crippen molar-refractivity contribution in [1.29, 1.82) is 0 Å². The molecule has 0 fully saturated rings. The van der Waals surface area contributed by atoms with Crippen LogP contribution in [0.15, 0.2) is 6.20 Å². The van der Waals surface area contributed by atoms with Crippen molar-refractivity contribution in [2.45, 2.75) is 40.3 Å². The fourth-order valence-electron chi connectivity index (χ4n) is 2.44. The third kappa shape index (κ3) is 7.02. The van der Waals surface area contributed by atoms with Gasteiger partial charge in [0.1, 0.15) is 0 Å². The van der Waals surface area contributed by atoms with E-state index in [1.807, 2.05) is 17.9 Å². The van der Waals surface area contributed by atoms with Crippen molar-refractivity contribution in [3.8, 4) is 0 Å². The highest BCUT2D eigenvalue weighted by Gasteiger charge is 2.06. The maximum Gasteiger partial charge on any atom is 0.0964 e. The Labute approximate surface area is 129 Å². The molecule has 0 atom stereocenters. The molecule has 0 unspecified atom stereocenters. The molecule has 0 spiro atoms. The number of hydrogen-bond donors (Lipinski definition) is 1. The second kappa shape index (κ2) is 10.7. The molecule has 6 heteroatoms. The second-order valence-corrected chi connectivity index (χ2v) is 5.32. The molecular formula is C15H32N6. The Bertz CT molecular complexity index is 361. The zero-order valence-electron chi connectivity index (χ0n) is 14.2. The molecule has 1 heterocycles. The maximum absolute atomic E-state index is 4.17. The van der Waals surface area contributed by atoms with Crippen LogP contribution in [0.3, 0.4) is 0 Å². The summed E-state index contributed by atoms with van der Waals surface area (Å²) >= 11 is 0. The second-order valence-electron chi connectivity index (χ2n) is 5.32. The van der Waals surface area contributed by atoms with E-state index in [9.17, 15) is 0 Å². The van der Waals surface area contributed by atoms with Crippen LogP contribution in [0.1, 0.15) is 32.9 Å². The molecule has 0 aliphatic heterocycles. The van der Waals surface area contributed by atoms with E-state index in [0.717, 1.165) is 51.5 Å². The topological polar surface area (TPSA) is 49.2 Å². The molecule has 1 rings (SSSR count). The zero-order chi connectivity index (χ0) is 15.5. The number of nitrogens with one attached hydrogen (secondary N) is 1. The lowest BCUT2D eigenvalue weighted by molar-refractivity contribution is 0.235. The van der Waals surface area contributed by atoms with Crippen LogP contribution in [0.5, 0.6) is 0 Å². The van der Waals surface area contributed by atoms with Crippen molar-refractivity contribution >= 4 is 0 Å². The van der Waals surface area contributed by atoms with Gasteiger partial charge in [-0.2, -0.15) is 0 Å². The van der Waals surface area contributed by atoms with Crippen LogP contribution in [0.25, 0.3) is 0 Å². The van der Waals surface area contributed by atoms with Gasteiger partial charge < -0.3 is 15.1 Å². The molecule has 0 bridgehead atoms. The van der Waals surface area contributed by atoms with Crippen LogP contribution in [-0.4, -0.2) is 71.1 Å². The SMILES string of the molecule is CCN(CC)CCCN(CC)CCn1cc(CNC)nn1. The van der Waals surface area contributed by atoms with Crippen molar-refractivity contribution in [3.63, 3.8) is 0 Å². The number of nitrogens with zero attached hydrogens (tertiary/aromatic N) is 5. The summed E-state index contributed by atoms with van der Waals surface area (Å²) in [7, 11) is 1.92. The Morgan fingerprint density at radius 2 is 1.71 bits per heavy atom. The van der Waals surface area contributed by atoms with Gasteiger partial charge in [0, 0.05) is 19.3 Å². The number of aromatic nitrogens is 3. The van der Waals surface area contributed by atoms with Gasteiger partial charge in [-0.1, -0.05) is 26.0 Å². The van der Waals surface area contributed by atoms with Crippen molar-refractivity contribution < 1.29 is 0 Å². The predicted molar refractivity (Wildman–Crippen MR) is 87.3 cm³/mol. The third-order valence-electron chi connectivity index (χ3n) is 3.88. The van der Waals surface area contributed by atoms with Crippen LogP contribution >= 0.6 is 0 Å². The Morgan fingerprint density at radius 3 is 2.33 bits per heavy atom. The zero-order valence-corrected chi connectivity index (χ0v) is 14.2. The van der Waals surface area contributed by atoms with E-state index < -0.39 is 0 Å². The molecule has 0 aromatic carbocycles. The molecule has 0 aliphatic carbocycles. The van der Waals surface area contributed by atoms with Gasteiger partial charge in [0.2, 0.25) is 0 Å². The molecule has 0 saturated heterocycles. The van der Waals surface area contributed by atoms with Gasteiger partial charge in [-0.15, -0.1) is 5.10 Å². The normalized spacial score (nSPS) is 11.7. The molecule has 0 saturated carbocycles. The lowest BCUT2D eigenvalue weighted by atomic mass is 10.3. The molecular weight excluding hydrogens is 264 g/mol. The average Bonchev–Trinajstić information content (AvgIpc) is 2.95. The third-order valence-corrected chi connectivity index (χ3v) is 3.88. The average molecular weight is 296 g/mol. The summed E-state index contributed by atoms with van der Waals surface area (Å²) in [5.41, 5.74) is 1.00. The Balaban J connectivity index is 2.26. The van der Waals surface area contributed by atoms with E-state index in [4.69, 9.17) is 0 Å². The lowest BCUT2D eigenvalue weighted by Crippen LogP contribution is -2.32. The first-order chi connectivity index (χ1) is 10.2. The van der Waals surface area contributed by atoms with Crippen molar-refractivity contribution in [2.75, 3.05) is 46.3 Å². The highest BCUT2D eigenvalue weighted by molar-refractivity contribution is 4.91. The summed E-state index contributed by atoms with van der Waals surface area (Å²) < 4.78 is 1.94. The summed E-state index contributed by atoms with van der Waals surface area (Å²) in [6.45, 7) is 15.2. The van der Waals surface area contributed by atoms with Crippen LogP contribution in [0.2, 0.25) is 0 Å². The largest absolute Gasteiger partial charge is 0.314 e. The van der Waals surface area contributed by atoms with Gasteiger partial charge in [0.25, 0.3) is 0 Å². The van der Waals surface area contributed by atoms with Crippen LogP contribution < -0.4 is 5.32 Å². The van der Waals surface area contributed by atoms with Crippen LogP contribution in [0.4, 0.5) is 0 Å². The Kier molecular flexibility index (Phi) is 9.21. The van der Waals surface area contributed by atoms with Gasteiger partial charge in [-0.25, -0.2) is 0 Å². The van der Waals surface area contributed by atoms with Gasteiger partial charge in [-0.3, -0.25) is 4.68 Å². The van der Waals surface area contributed by atoms with E-state index in [1.54, 1.807) is 0 Å². The summed E-state index contributed by atoms with van der Waals surface area (Å²) in [6.07, 6.45) is 3.26. The Morgan fingerprint density at radius 1 is 1.05 bits per heavy atom. The summed E-state index contributed by atoms with van der Waals surface area (Å²) in [4.78, 5) is 4.97. The molecule has 1 aromatic rings. The fraction of sp³-hybridized carbons (Fsp3) is 0.867. The van der Waals surface area contributed by atoms with Crippen molar-refractivity contribution in [2.24, 2.45) is 0 Å². The van der Waals surface area contributed by atoms with E-state index in [1.165, 1.54) is 13.0 Å². The Hall–Kier alpha value is -0.980. The van der Waals surface area contributed by atoms with Crippen LogP contribution in [-0.2, 0) is 13.1 Å². The minimum absolute atomic E-state index is 0.779. The molecule has 0 radical (unpaired) electrons. The first kappa shape index (κ1) is 18.1. The highest BCUT2D eigenvalue weighted by atomic mass is 15.4. The maximum atomic E-state index is 4.17. The van der Waals surface area contributed by atoms with E-state index in [0.29, 0.717) is 0 Å². The molecule has 1 N–H and O–H groups in total. The van der Waals surface area contributed by atoms with E-state index in [-0.39, 0.29) is 0 Å². The molecule has 1 aromatic heterocycles. The monoisotopic (exact) mass is 296 g/mol. The predicted octanol–water partition coefficient (Wildman–Crippen LogP) is 1.05. The lowest BCUT2D eigenvalue weighted by Gasteiger charge is -2.23. The van der Waals surface area contributed by atoms with E-state index in [2.05, 4.69) is 46.2 Å². The summed E-state index contributed by atoms with van der Waals surface area (Å²) in [5.74, 6) is 0. The van der Waals surface area contributed by atoms with Gasteiger partial charge in [-0.05, 0) is 46.2 Å². The smallest absolute Gasteiger partial charge is 0.0964 e. The molecule has 0 aliphatic rings. The van der Waals surface area contributed by atoms with Gasteiger partial charge in [0.15, 0.2) is 0 Å². The van der Waals surface area contributed by atoms with E-state index >= 15 is 0 Å². The van der Waals surface area contributed by atoms with Gasteiger partial charge >= 0.3 is 0 Å². The number of rotatable bonds is 12. The quantitative estimate of drug-likeness (QED) is 0.625. The highest BCUT2D eigenvalue weighted by Crippen LogP contribution is 1.98. The molecule has 0 amide bonds. The number of hydrogen-bond acceptors (Lipinski definition) is 5. The summed E-state index contributed by atoms with van der Waals surface area (Å²) in [6, 6.07) is 0. The first-order valence-electron chi connectivity index (χ1n) is 8.21.